The molecular weight excluding hydrogens is 212 g/mol. The van der Waals surface area contributed by atoms with Crippen LogP contribution in [0.25, 0.3) is 0 Å². The maximum atomic E-state index is 11.6. The fraction of sp³-hybridized carbons (Fsp3) is 0.533. The van der Waals surface area contributed by atoms with E-state index < -0.39 is 0 Å². The van der Waals surface area contributed by atoms with E-state index >= 15 is 0 Å². The van der Waals surface area contributed by atoms with E-state index in [-0.39, 0.29) is 11.4 Å². The summed E-state index contributed by atoms with van der Waals surface area (Å²) < 4.78 is 5.35. The quantitative estimate of drug-likeness (QED) is 0.470. The predicted molar refractivity (Wildman–Crippen MR) is 66.1 cm³/mol. The molecule has 2 nitrogen and oxygen atoms in total. The Morgan fingerprint density at radius 2 is 2.29 bits per heavy atom. The van der Waals surface area contributed by atoms with E-state index in [0.29, 0.717) is 5.92 Å². The Labute approximate surface area is 102 Å². The van der Waals surface area contributed by atoms with E-state index in [1.165, 1.54) is 18.4 Å². The maximum Gasteiger partial charge on any atom is 0.339 e. The molecule has 0 N–H and O–H groups in total. The summed E-state index contributed by atoms with van der Waals surface area (Å²) in [6, 6.07) is 0. The van der Waals surface area contributed by atoms with Gasteiger partial charge in [-0.1, -0.05) is 19.1 Å². The van der Waals surface area contributed by atoms with Crippen LogP contribution in [0.4, 0.5) is 0 Å². The lowest BCUT2D eigenvalue weighted by molar-refractivity contribution is -0.133. The van der Waals surface area contributed by atoms with Crippen LogP contribution in [0.3, 0.4) is 0 Å². The minimum Gasteiger partial charge on any atom is -0.423 e. The lowest BCUT2D eigenvalue weighted by Gasteiger charge is -2.44. The number of carbonyl (C=O) groups is 1. The van der Waals surface area contributed by atoms with Crippen LogP contribution in [0.1, 0.15) is 39.5 Å². The number of hydrogen-bond donors (Lipinski definition) is 0. The zero-order valence-corrected chi connectivity index (χ0v) is 10.5. The molecular formula is C15H18O2. The first-order chi connectivity index (χ1) is 8.01. The number of rotatable bonds is 0. The molecule has 1 saturated carbocycles. The van der Waals surface area contributed by atoms with Gasteiger partial charge in [-0.2, -0.15) is 0 Å². The third kappa shape index (κ3) is 1.43. The smallest absolute Gasteiger partial charge is 0.339 e. The number of ether oxygens (including phenoxy) is 1. The summed E-state index contributed by atoms with van der Waals surface area (Å²) in [5, 5.41) is 0. The Kier molecular flexibility index (Phi) is 2.13. The van der Waals surface area contributed by atoms with Crippen molar-refractivity contribution < 1.29 is 9.53 Å². The Morgan fingerprint density at radius 3 is 3.06 bits per heavy atom. The normalized spacial score (nSPS) is 36.4. The van der Waals surface area contributed by atoms with Crippen molar-refractivity contribution in [2.45, 2.75) is 39.5 Å². The Hall–Kier alpha value is -1.31. The van der Waals surface area contributed by atoms with Gasteiger partial charge < -0.3 is 4.74 Å². The van der Waals surface area contributed by atoms with Crippen molar-refractivity contribution in [3.05, 3.63) is 35.1 Å². The second kappa shape index (κ2) is 3.34. The van der Waals surface area contributed by atoms with Crippen LogP contribution in [0.15, 0.2) is 35.1 Å². The van der Waals surface area contributed by atoms with Gasteiger partial charge in [-0.3, -0.25) is 0 Å². The van der Waals surface area contributed by atoms with Crippen LogP contribution in [0.2, 0.25) is 0 Å². The van der Waals surface area contributed by atoms with Gasteiger partial charge in [0.05, 0.1) is 0 Å². The van der Waals surface area contributed by atoms with Gasteiger partial charge in [-0.15, -0.1) is 0 Å². The van der Waals surface area contributed by atoms with E-state index in [9.17, 15) is 4.79 Å². The molecule has 1 aliphatic heterocycles. The summed E-state index contributed by atoms with van der Waals surface area (Å²) in [5.74, 6) is 1.14. The zero-order chi connectivity index (χ0) is 12.2. The molecule has 2 atom stereocenters. The van der Waals surface area contributed by atoms with Gasteiger partial charge >= 0.3 is 5.97 Å². The monoisotopic (exact) mass is 230 g/mol. The van der Waals surface area contributed by atoms with Gasteiger partial charge in [0.15, 0.2) is 0 Å². The molecule has 3 rings (SSSR count). The minimum absolute atomic E-state index is 0.138. The lowest BCUT2D eigenvalue weighted by Crippen LogP contribution is -2.34. The summed E-state index contributed by atoms with van der Waals surface area (Å²) in [4.78, 5) is 11.6. The molecule has 0 spiro atoms. The van der Waals surface area contributed by atoms with Crippen molar-refractivity contribution in [1.29, 1.82) is 0 Å². The molecule has 1 fully saturated rings. The van der Waals surface area contributed by atoms with Crippen LogP contribution in [0.5, 0.6) is 0 Å². The summed E-state index contributed by atoms with van der Waals surface area (Å²) in [6.07, 6.45) is 6.60. The van der Waals surface area contributed by atoms with Crippen molar-refractivity contribution >= 4 is 5.97 Å². The highest BCUT2D eigenvalue weighted by molar-refractivity contribution is 5.94. The van der Waals surface area contributed by atoms with Crippen LogP contribution < -0.4 is 0 Å². The first-order valence-corrected chi connectivity index (χ1v) is 6.34. The molecule has 0 aromatic rings. The summed E-state index contributed by atoms with van der Waals surface area (Å²) in [6.45, 7) is 8.36. The molecule has 2 heteroatoms. The Morgan fingerprint density at radius 1 is 1.53 bits per heavy atom. The number of fused-ring (bicyclic) bond motifs is 2. The van der Waals surface area contributed by atoms with Crippen molar-refractivity contribution in [3.8, 4) is 0 Å². The van der Waals surface area contributed by atoms with Gasteiger partial charge in [0.1, 0.15) is 5.76 Å². The average molecular weight is 230 g/mol. The molecule has 3 aliphatic rings. The van der Waals surface area contributed by atoms with Gasteiger partial charge in [-0.25, -0.2) is 4.79 Å². The third-order valence-electron chi connectivity index (χ3n) is 4.63. The standard InChI is InChI=1S/C15H18O2/c1-9-5-4-6-15(3)8-13-11(7-12(9)15)10(2)14(16)17-13/h8,12H,1,4-7H2,2-3H3. The van der Waals surface area contributed by atoms with Crippen molar-refractivity contribution in [1.82, 2.24) is 0 Å². The molecule has 0 saturated heterocycles. The molecule has 2 aliphatic carbocycles. The number of carbonyl (C=O) groups excluding carboxylic acids is 1. The van der Waals surface area contributed by atoms with Crippen LogP contribution >= 0.6 is 0 Å². The lowest BCUT2D eigenvalue weighted by atomic mass is 9.60. The number of allylic oxidation sites excluding steroid dienone is 3. The van der Waals surface area contributed by atoms with Crippen molar-refractivity contribution in [2.75, 3.05) is 0 Å². The number of hydrogen-bond acceptors (Lipinski definition) is 2. The van der Waals surface area contributed by atoms with Crippen LogP contribution in [-0.2, 0) is 9.53 Å². The van der Waals surface area contributed by atoms with E-state index in [1.54, 1.807) is 0 Å². The molecule has 0 amide bonds. The fourth-order valence-electron chi connectivity index (χ4n) is 3.48. The van der Waals surface area contributed by atoms with Gasteiger partial charge in [-0.05, 0) is 50.0 Å². The van der Waals surface area contributed by atoms with Crippen LogP contribution in [-0.4, -0.2) is 5.97 Å². The third-order valence-corrected chi connectivity index (χ3v) is 4.63. The predicted octanol–water partition coefficient (Wildman–Crippen LogP) is 3.51. The van der Waals surface area contributed by atoms with Gasteiger partial charge in [0.25, 0.3) is 0 Å². The van der Waals surface area contributed by atoms with Gasteiger partial charge in [0.2, 0.25) is 0 Å². The summed E-state index contributed by atoms with van der Waals surface area (Å²) in [7, 11) is 0. The highest BCUT2D eigenvalue weighted by Crippen LogP contribution is 2.53. The Bertz CT molecular complexity index is 481. The van der Waals surface area contributed by atoms with E-state index in [0.717, 1.165) is 29.7 Å². The molecule has 0 aromatic carbocycles. The van der Waals surface area contributed by atoms with E-state index in [4.69, 9.17) is 4.74 Å². The van der Waals surface area contributed by atoms with E-state index in [2.05, 4.69) is 19.6 Å². The zero-order valence-electron chi connectivity index (χ0n) is 10.5. The molecule has 0 radical (unpaired) electrons. The topological polar surface area (TPSA) is 26.3 Å². The van der Waals surface area contributed by atoms with Crippen molar-refractivity contribution in [3.63, 3.8) is 0 Å². The minimum atomic E-state index is -0.167. The van der Waals surface area contributed by atoms with E-state index in [1.807, 2.05) is 6.92 Å². The highest BCUT2D eigenvalue weighted by Gasteiger charge is 2.44. The summed E-state index contributed by atoms with van der Waals surface area (Å²) >= 11 is 0. The number of esters is 1. The SMILES string of the molecule is C=C1CCCC2(C)C=C3OC(=O)C(C)=C3CC12. The maximum absolute atomic E-state index is 11.6. The van der Waals surface area contributed by atoms with Gasteiger partial charge in [0, 0.05) is 11.1 Å². The summed E-state index contributed by atoms with van der Waals surface area (Å²) in [5.41, 5.74) is 3.38. The molecule has 0 bridgehead atoms. The largest absolute Gasteiger partial charge is 0.423 e. The highest BCUT2D eigenvalue weighted by atomic mass is 16.5. The fourth-order valence-corrected chi connectivity index (χ4v) is 3.48. The first-order valence-electron chi connectivity index (χ1n) is 6.34. The second-order valence-electron chi connectivity index (χ2n) is 5.78. The second-order valence-corrected chi connectivity index (χ2v) is 5.78. The molecule has 17 heavy (non-hydrogen) atoms. The average Bonchev–Trinajstić information content (AvgIpc) is 2.52. The van der Waals surface area contributed by atoms with Crippen LogP contribution in [0, 0.1) is 11.3 Å². The molecule has 90 valence electrons. The molecule has 2 unspecified atom stereocenters. The van der Waals surface area contributed by atoms with Crippen molar-refractivity contribution in [2.24, 2.45) is 11.3 Å². The molecule has 0 aromatic heterocycles. The Balaban J connectivity index is 2.09. The first kappa shape index (κ1) is 10.8. The molecule has 1 heterocycles.